The van der Waals surface area contributed by atoms with Crippen molar-refractivity contribution < 1.29 is 27.4 Å². The standard InChI is InChI=1S/C24H28ClF3N2O3/c1-32-22-15-18(5-9-21(22)33-17-24(26,27)28)6-10-23(31)30-12-2-11-29(13-14-30)16-19-3-7-20(25)8-4-19/h3-5,7-9,15H,2,6,10-14,16-17H2,1H3. The molecule has 33 heavy (non-hydrogen) atoms. The molecule has 1 aliphatic heterocycles. The van der Waals surface area contributed by atoms with Crippen molar-refractivity contribution in [2.24, 2.45) is 0 Å². The molecule has 0 bridgehead atoms. The van der Waals surface area contributed by atoms with Gasteiger partial charge in [0.2, 0.25) is 5.91 Å². The van der Waals surface area contributed by atoms with Crippen LogP contribution in [0.5, 0.6) is 11.5 Å². The first kappa shape index (κ1) is 25.2. The zero-order valence-corrected chi connectivity index (χ0v) is 19.3. The van der Waals surface area contributed by atoms with Gasteiger partial charge in [-0.15, -0.1) is 0 Å². The van der Waals surface area contributed by atoms with E-state index in [1.165, 1.54) is 18.7 Å². The van der Waals surface area contributed by atoms with Crippen molar-refractivity contribution in [3.8, 4) is 11.5 Å². The van der Waals surface area contributed by atoms with Crippen LogP contribution in [-0.4, -0.2) is 61.8 Å². The highest BCUT2D eigenvalue weighted by Gasteiger charge is 2.29. The van der Waals surface area contributed by atoms with E-state index in [4.69, 9.17) is 21.1 Å². The Labute approximate surface area is 197 Å². The van der Waals surface area contributed by atoms with E-state index in [0.29, 0.717) is 31.0 Å². The van der Waals surface area contributed by atoms with E-state index in [2.05, 4.69) is 4.90 Å². The highest BCUT2D eigenvalue weighted by molar-refractivity contribution is 6.30. The molecule has 9 heteroatoms. The first-order chi connectivity index (χ1) is 15.7. The summed E-state index contributed by atoms with van der Waals surface area (Å²) in [6, 6.07) is 12.5. The molecule has 1 heterocycles. The van der Waals surface area contributed by atoms with E-state index in [1.807, 2.05) is 29.2 Å². The maximum Gasteiger partial charge on any atom is 0.422 e. The number of carbonyl (C=O) groups excluding carboxylic acids is 1. The van der Waals surface area contributed by atoms with Gasteiger partial charge < -0.3 is 14.4 Å². The van der Waals surface area contributed by atoms with Gasteiger partial charge in [-0.05, 0) is 48.2 Å². The second-order valence-corrected chi connectivity index (χ2v) is 8.46. The molecule has 0 radical (unpaired) electrons. The molecule has 5 nitrogen and oxygen atoms in total. The number of hydrogen-bond donors (Lipinski definition) is 0. The molecule has 2 aromatic rings. The van der Waals surface area contributed by atoms with Crippen molar-refractivity contribution >= 4 is 17.5 Å². The van der Waals surface area contributed by atoms with Gasteiger partial charge in [-0.2, -0.15) is 13.2 Å². The lowest BCUT2D eigenvalue weighted by molar-refractivity contribution is -0.153. The molecule has 0 saturated carbocycles. The van der Waals surface area contributed by atoms with Crippen molar-refractivity contribution in [3.05, 3.63) is 58.6 Å². The topological polar surface area (TPSA) is 42.0 Å². The Morgan fingerprint density at radius 2 is 1.73 bits per heavy atom. The molecule has 2 aromatic carbocycles. The Kier molecular flexibility index (Phi) is 8.86. The van der Waals surface area contributed by atoms with Gasteiger partial charge in [0, 0.05) is 44.2 Å². The van der Waals surface area contributed by atoms with Crippen LogP contribution in [0.25, 0.3) is 0 Å². The van der Waals surface area contributed by atoms with Gasteiger partial charge in [-0.1, -0.05) is 29.8 Å². The molecule has 1 amide bonds. The SMILES string of the molecule is COc1cc(CCC(=O)N2CCCN(Cc3ccc(Cl)cc3)CC2)ccc1OCC(F)(F)F. The van der Waals surface area contributed by atoms with Gasteiger partial charge in [-0.25, -0.2) is 0 Å². The molecular formula is C24H28ClF3N2O3. The molecule has 0 aromatic heterocycles. The Balaban J connectivity index is 1.49. The number of rotatable bonds is 8. The fourth-order valence-electron chi connectivity index (χ4n) is 3.78. The predicted molar refractivity (Wildman–Crippen MR) is 121 cm³/mol. The summed E-state index contributed by atoms with van der Waals surface area (Å²) in [5, 5.41) is 0.715. The lowest BCUT2D eigenvalue weighted by Gasteiger charge is -2.22. The molecule has 0 spiro atoms. The quantitative estimate of drug-likeness (QED) is 0.531. The third-order valence-electron chi connectivity index (χ3n) is 5.51. The summed E-state index contributed by atoms with van der Waals surface area (Å²) in [4.78, 5) is 17.0. The fourth-order valence-corrected chi connectivity index (χ4v) is 3.91. The minimum Gasteiger partial charge on any atom is -0.493 e. The van der Waals surface area contributed by atoms with E-state index >= 15 is 0 Å². The number of halogens is 4. The molecule has 0 atom stereocenters. The molecule has 3 rings (SSSR count). The van der Waals surface area contributed by atoms with Crippen LogP contribution in [0.15, 0.2) is 42.5 Å². The van der Waals surface area contributed by atoms with Gasteiger partial charge >= 0.3 is 6.18 Å². The summed E-state index contributed by atoms with van der Waals surface area (Å²) in [5.41, 5.74) is 1.99. The molecule has 1 aliphatic rings. The Bertz CT molecular complexity index is 922. The molecule has 1 saturated heterocycles. The monoisotopic (exact) mass is 484 g/mol. The van der Waals surface area contributed by atoms with Crippen molar-refractivity contribution in [1.82, 2.24) is 9.80 Å². The maximum absolute atomic E-state index is 12.8. The minimum absolute atomic E-state index is 0.0261. The average Bonchev–Trinajstić information content (AvgIpc) is 3.03. The van der Waals surface area contributed by atoms with E-state index in [0.717, 1.165) is 31.6 Å². The van der Waals surface area contributed by atoms with Crippen LogP contribution in [0.4, 0.5) is 13.2 Å². The summed E-state index contributed by atoms with van der Waals surface area (Å²) in [7, 11) is 1.37. The largest absolute Gasteiger partial charge is 0.493 e. The van der Waals surface area contributed by atoms with Crippen molar-refractivity contribution in [2.45, 2.75) is 32.0 Å². The average molecular weight is 485 g/mol. The highest BCUT2D eigenvalue weighted by atomic mass is 35.5. The summed E-state index contributed by atoms with van der Waals surface area (Å²) < 4.78 is 47.2. The first-order valence-corrected chi connectivity index (χ1v) is 11.2. The number of hydrogen-bond acceptors (Lipinski definition) is 4. The third kappa shape index (κ3) is 8.12. The normalized spacial score (nSPS) is 15.2. The maximum atomic E-state index is 12.8. The van der Waals surface area contributed by atoms with Crippen molar-refractivity contribution in [2.75, 3.05) is 39.9 Å². The molecule has 0 unspecified atom stereocenters. The number of nitrogens with zero attached hydrogens (tertiary/aromatic N) is 2. The second kappa shape index (κ2) is 11.6. The van der Waals surface area contributed by atoms with Gasteiger partial charge in [0.1, 0.15) is 0 Å². The second-order valence-electron chi connectivity index (χ2n) is 8.03. The van der Waals surface area contributed by atoms with E-state index in [1.54, 1.807) is 12.1 Å². The van der Waals surface area contributed by atoms with Crippen LogP contribution >= 0.6 is 11.6 Å². The van der Waals surface area contributed by atoms with Gasteiger partial charge in [0.05, 0.1) is 7.11 Å². The smallest absolute Gasteiger partial charge is 0.422 e. The van der Waals surface area contributed by atoms with Crippen LogP contribution in [0.2, 0.25) is 5.02 Å². The van der Waals surface area contributed by atoms with Crippen LogP contribution < -0.4 is 9.47 Å². The first-order valence-electron chi connectivity index (χ1n) is 10.8. The fraction of sp³-hybridized carbons (Fsp3) is 0.458. The minimum atomic E-state index is -4.42. The molecule has 0 aliphatic carbocycles. The molecule has 0 N–H and O–H groups in total. The lowest BCUT2D eigenvalue weighted by Crippen LogP contribution is -2.35. The predicted octanol–water partition coefficient (Wildman–Crippen LogP) is 4.96. The Morgan fingerprint density at radius 1 is 1.00 bits per heavy atom. The van der Waals surface area contributed by atoms with E-state index < -0.39 is 12.8 Å². The van der Waals surface area contributed by atoms with Gasteiger partial charge in [-0.3, -0.25) is 9.69 Å². The van der Waals surface area contributed by atoms with Crippen LogP contribution in [-0.2, 0) is 17.8 Å². The summed E-state index contributed by atoms with van der Waals surface area (Å²) in [5.74, 6) is 0.315. The van der Waals surface area contributed by atoms with Crippen LogP contribution in [0.1, 0.15) is 24.0 Å². The van der Waals surface area contributed by atoms with Crippen molar-refractivity contribution in [1.29, 1.82) is 0 Å². The molecule has 180 valence electrons. The summed E-state index contributed by atoms with van der Waals surface area (Å²) >= 11 is 5.95. The van der Waals surface area contributed by atoms with E-state index in [-0.39, 0.29) is 17.4 Å². The zero-order chi connectivity index (χ0) is 23.8. The van der Waals surface area contributed by atoms with Gasteiger partial charge in [0.15, 0.2) is 18.1 Å². The Morgan fingerprint density at radius 3 is 2.42 bits per heavy atom. The van der Waals surface area contributed by atoms with Crippen LogP contribution in [0.3, 0.4) is 0 Å². The Hall–Kier alpha value is -2.45. The molecule has 1 fully saturated rings. The summed E-state index contributed by atoms with van der Waals surface area (Å²) in [6.07, 6.45) is -2.73. The van der Waals surface area contributed by atoms with Gasteiger partial charge in [0.25, 0.3) is 0 Å². The number of carbonyl (C=O) groups is 1. The summed E-state index contributed by atoms with van der Waals surface area (Å²) in [6.45, 7) is 2.53. The van der Waals surface area contributed by atoms with Crippen LogP contribution in [0, 0.1) is 0 Å². The number of aryl methyl sites for hydroxylation is 1. The third-order valence-corrected chi connectivity index (χ3v) is 5.76. The lowest BCUT2D eigenvalue weighted by atomic mass is 10.1. The number of methoxy groups -OCH3 is 1. The number of benzene rings is 2. The number of amides is 1. The highest BCUT2D eigenvalue weighted by Crippen LogP contribution is 2.30. The van der Waals surface area contributed by atoms with Crippen molar-refractivity contribution in [3.63, 3.8) is 0 Å². The molecular weight excluding hydrogens is 457 g/mol. The number of ether oxygens (including phenoxy) is 2. The van der Waals surface area contributed by atoms with E-state index in [9.17, 15) is 18.0 Å². The zero-order valence-electron chi connectivity index (χ0n) is 18.5. The number of alkyl halides is 3.